The van der Waals surface area contributed by atoms with E-state index < -0.39 is 51.2 Å². The van der Waals surface area contributed by atoms with Gasteiger partial charge in [-0.25, -0.2) is 13.2 Å². The third kappa shape index (κ3) is 12.2. The molecule has 1 aliphatic heterocycles. The molecule has 1 amide bonds. The average molecular weight is 831 g/mol. The van der Waals surface area contributed by atoms with Crippen LogP contribution in [0.25, 0.3) is 0 Å². The summed E-state index contributed by atoms with van der Waals surface area (Å²) in [5.41, 5.74) is -0.421. The van der Waals surface area contributed by atoms with Crippen LogP contribution < -0.4 is 10.1 Å². The Morgan fingerprint density at radius 2 is 1.58 bits per heavy atom. The number of nitrogens with one attached hydrogen (secondary N) is 1. The highest BCUT2D eigenvalue weighted by molar-refractivity contribution is 7.92. The molecule has 2 atom stereocenters. The number of amides is 1. The number of carboxylic acids is 1. The molecule has 0 spiro atoms. The summed E-state index contributed by atoms with van der Waals surface area (Å²) in [7, 11) is -4.27. The van der Waals surface area contributed by atoms with Crippen LogP contribution in [0.4, 0.5) is 13.2 Å². The van der Waals surface area contributed by atoms with Gasteiger partial charge in [0, 0.05) is 17.6 Å². The molecule has 3 fully saturated rings. The Balaban J connectivity index is 0.000000352. The molecule has 304 valence electrons. The molecule has 0 aromatic heterocycles. The molecule has 9 nitrogen and oxygen atoms in total. The van der Waals surface area contributed by atoms with E-state index in [1.165, 1.54) is 51.4 Å². The number of halogens is 5. The number of aliphatic carboxylic acids is 1. The minimum absolute atomic E-state index is 0.110. The van der Waals surface area contributed by atoms with Crippen LogP contribution in [-0.2, 0) is 24.8 Å². The summed E-state index contributed by atoms with van der Waals surface area (Å²) < 4.78 is 69.1. The molecule has 2 saturated carbocycles. The number of unbranched alkanes of at least 4 members (excludes halogenated alkanes) is 7. The van der Waals surface area contributed by atoms with Gasteiger partial charge in [0.05, 0.1) is 26.7 Å². The second-order valence-electron chi connectivity index (χ2n) is 15.0. The van der Waals surface area contributed by atoms with E-state index in [9.17, 15) is 36.3 Å². The van der Waals surface area contributed by atoms with Gasteiger partial charge in [0.1, 0.15) is 17.3 Å². The topological polar surface area (TPSA) is 137 Å². The fourth-order valence-electron chi connectivity index (χ4n) is 7.49. The normalized spacial score (nSPS) is 20.2. The molecule has 3 aliphatic rings. The van der Waals surface area contributed by atoms with Crippen molar-refractivity contribution in [1.29, 1.82) is 5.26 Å². The predicted octanol–water partition coefficient (Wildman–Crippen LogP) is 9.44. The molecule has 2 aliphatic carbocycles. The van der Waals surface area contributed by atoms with Gasteiger partial charge < -0.3 is 14.7 Å². The fraction of sp³-hybridized carbons (Fsp3) is 0.625. The first-order chi connectivity index (χ1) is 26.1. The molecule has 2 aromatic rings. The van der Waals surface area contributed by atoms with Crippen molar-refractivity contribution in [1.82, 2.24) is 10.2 Å². The number of sulfone groups is 1. The third-order valence-corrected chi connectivity index (χ3v) is 13.7. The van der Waals surface area contributed by atoms with Crippen molar-refractivity contribution in [3.05, 3.63) is 58.1 Å². The number of nitrogens with zero attached hydrogens (tertiary/aromatic N) is 2. The summed E-state index contributed by atoms with van der Waals surface area (Å²) in [6, 6.07) is 10.8. The smallest absolute Gasteiger partial charge is 0.422 e. The number of hydrogen-bond acceptors (Lipinski definition) is 7. The van der Waals surface area contributed by atoms with E-state index >= 15 is 0 Å². The van der Waals surface area contributed by atoms with Gasteiger partial charge in [-0.1, -0.05) is 106 Å². The highest BCUT2D eigenvalue weighted by Crippen LogP contribution is 2.44. The summed E-state index contributed by atoms with van der Waals surface area (Å²) in [5.74, 6) is -2.05. The van der Waals surface area contributed by atoms with Crippen LogP contribution in [0.3, 0.4) is 0 Å². The Hall–Kier alpha value is -3.05. The number of alkyl halides is 3. The number of rotatable bonds is 17. The molecular weight excluding hydrogens is 778 g/mol. The Labute approximate surface area is 332 Å². The van der Waals surface area contributed by atoms with Gasteiger partial charge in [-0.15, -0.1) is 0 Å². The van der Waals surface area contributed by atoms with Crippen LogP contribution in [0.5, 0.6) is 5.75 Å². The maximum absolute atomic E-state index is 14.1. The number of nitriles is 1. The predicted molar refractivity (Wildman–Crippen MR) is 206 cm³/mol. The first-order valence-corrected chi connectivity index (χ1v) is 21.6. The standard InChI is InChI=1S/C26H26Cl2F3NO6S.C14H26N2/c27-17-6-4-16(5-7-17)25(10-2-1-3-11-25)24(35)32-14-19(13-21(32)23(33)34)39(36,37)22-9-8-18(12-20(22)28)38-15-26(29,30)31;1-2-3-4-5-6-7-8-9-12-16-14(13-15)10-11-14/h4-9,12,19,21H,1-3,10-11,13-15H2,(H,33,34);16H,2-12H2,1H3/t19-,21+;/m1./s1. The van der Waals surface area contributed by atoms with Gasteiger partial charge >= 0.3 is 12.1 Å². The van der Waals surface area contributed by atoms with Crippen LogP contribution in [0.15, 0.2) is 47.4 Å². The Morgan fingerprint density at radius 3 is 2.13 bits per heavy atom. The zero-order valence-electron chi connectivity index (χ0n) is 31.3. The first-order valence-electron chi connectivity index (χ1n) is 19.3. The van der Waals surface area contributed by atoms with Crippen molar-refractivity contribution < 1.29 is 41.0 Å². The van der Waals surface area contributed by atoms with Gasteiger partial charge in [-0.05, 0) is 74.9 Å². The molecule has 1 saturated heterocycles. The maximum Gasteiger partial charge on any atom is 0.422 e. The fourth-order valence-corrected chi connectivity index (χ4v) is 9.85. The highest BCUT2D eigenvalue weighted by atomic mass is 35.5. The van der Waals surface area contributed by atoms with Crippen LogP contribution >= 0.6 is 23.2 Å². The van der Waals surface area contributed by atoms with E-state index in [0.29, 0.717) is 23.4 Å². The van der Waals surface area contributed by atoms with Crippen molar-refractivity contribution in [2.75, 3.05) is 19.7 Å². The Kier molecular flexibility index (Phi) is 16.1. The lowest BCUT2D eigenvalue weighted by atomic mass is 9.68. The second kappa shape index (κ2) is 19.9. The molecule has 0 unspecified atom stereocenters. The SMILES string of the molecule is CCCCCCCCCCNC1(C#N)CC1.O=C(O)[C@@H]1C[C@@H](S(=O)(=O)c2ccc(OCC(F)(F)F)cc2Cl)CN1C(=O)C1(c2ccc(Cl)cc2)CCCCC1. The Morgan fingerprint density at radius 1 is 0.964 bits per heavy atom. The molecule has 15 heteroatoms. The Bertz CT molecular complexity index is 1740. The summed E-state index contributed by atoms with van der Waals surface area (Å²) in [6.07, 6.45) is 11.4. The third-order valence-electron chi connectivity index (χ3n) is 10.8. The van der Waals surface area contributed by atoms with Crippen molar-refractivity contribution in [2.45, 2.75) is 143 Å². The highest BCUT2D eigenvalue weighted by Gasteiger charge is 2.52. The number of hydrogen-bond donors (Lipinski definition) is 2. The van der Waals surface area contributed by atoms with Gasteiger partial charge in [0.25, 0.3) is 0 Å². The van der Waals surface area contributed by atoms with E-state index in [2.05, 4.69) is 23.0 Å². The summed E-state index contributed by atoms with van der Waals surface area (Å²) in [6.45, 7) is 1.35. The quantitative estimate of drug-likeness (QED) is 0.151. The summed E-state index contributed by atoms with van der Waals surface area (Å²) in [5, 5.41) is 21.0. The summed E-state index contributed by atoms with van der Waals surface area (Å²) >= 11 is 12.2. The van der Waals surface area contributed by atoms with Crippen molar-refractivity contribution in [3.8, 4) is 11.8 Å². The molecule has 0 radical (unpaired) electrons. The van der Waals surface area contributed by atoms with E-state index in [1.807, 2.05) is 0 Å². The number of ether oxygens (including phenoxy) is 1. The van der Waals surface area contributed by atoms with Gasteiger partial charge in [0.2, 0.25) is 5.91 Å². The van der Waals surface area contributed by atoms with Crippen LogP contribution in [0, 0.1) is 11.3 Å². The molecule has 5 rings (SSSR count). The van der Waals surface area contributed by atoms with Crippen LogP contribution in [-0.4, -0.2) is 73.0 Å². The molecular formula is C40H52Cl2F3N3O6S. The van der Waals surface area contributed by atoms with Crippen molar-refractivity contribution >= 4 is 44.9 Å². The van der Waals surface area contributed by atoms with E-state index in [-0.39, 0.29) is 34.2 Å². The molecule has 2 aromatic carbocycles. The van der Waals surface area contributed by atoms with Gasteiger partial charge in [0.15, 0.2) is 16.4 Å². The average Bonchev–Trinajstić information content (AvgIpc) is 3.79. The number of likely N-dealkylation sites (tertiary alicyclic amines) is 1. The first kappa shape index (κ1) is 44.7. The van der Waals surface area contributed by atoms with Gasteiger partial charge in [-0.3, -0.25) is 10.1 Å². The van der Waals surface area contributed by atoms with E-state index in [0.717, 1.165) is 61.7 Å². The van der Waals surface area contributed by atoms with Gasteiger partial charge in [-0.2, -0.15) is 18.4 Å². The molecule has 1 heterocycles. The van der Waals surface area contributed by atoms with E-state index in [1.54, 1.807) is 24.3 Å². The minimum atomic E-state index is -4.59. The number of carbonyl (C=O) groups is 2. The van der Waals surface area contributed by atoms with Crippen molar-refractivity contribution in [3.63, 3.8) is 0 Å². The lowest BCUT2D eigenvalue weighted by Gasteiger charge is -2.40. The van der Waals surface area contributed by atoms with Crippen LogP contribution in [0.1, 0.15) is 115 Å². The number of benzene rings is 2. The lowest BCUT2D eigenvalue weighted by Crippen LogP contribution is -2.51. The number of carbonyl (C=O) groups excluding carboxylic acids is 1. The molecule has 0 bridgehead atoms. The lowest BCUT2D eigenvalue weighted by molar-refractivity contribution is -0.153. The maximum atomic E-state index is 14.1. The second-order valence-corrected chi connectivity index (χ2v) is 18.0. The molecule has 55 heavy (non-hydrogen) atoms. The van der Waals surface area contributed by atoms with Crippen molar-refractivity contribution in [2.24, 2.45) is 0 Å². The van der Waals surface area contributed by atoms with Crippen LogP contribution in [0.2, 0.25) is 10.0 Å². The zero-order valence-corrected chi connectivity index (χ0v) is 33.6. The zero-order chi connectivity index (χ0) is 40.3. The minimum Gasteiger partial charge on any atom is -0.484 e. The monoisotopic (exact) mass is 829 g/mol. The number of carboxylic acid groups (broad SMARTS) is 1. The van der Waals surface area contributed by atoms with E-state index in [4.69, 9.17) is 28.5 Å². The largest absolute Gasteiger partial charge is 0.484 e. The summed E-state index contributed by atoms with van der Waals surface area (Å²) in [4.78, 5) is 27.1. The molecule has 2 N–H and O–H groups in total.